The predicted molar refractivity (Wildman–Crippen MR) is 51.9 cm³/mol. The monoisotopic (exact) mass is 197 g/mol. The fourth-order valence-electron chi connectivity index (χ4n) is 0.945. The Bertz CT molecular complexity index is 341. The molecule has 0 amide bonds. The fourth-order valence-corrected chi connectivity index (χ4v) is 0.945. The summed E-state index contributed by atoms with van der Waals surface area (Å²) in [6.45, 7) is 2.56. The van der Waals surface area contributed by atoms with E-state index < -0.39 is 4.92 Å². The lowest BCUT2D eigenvalue weighted by molar-refractivity contribution is -0.383. The van der Waals surface area contributed by atoms with Gasteiger partial charge in [-0.1, -0.05) is 6.92 Å². The molecule has 1 rings (SSSR count). The van der Waals surface area contributed by atoms with Crippen LogP contribution in [0.3, 0.4) is 0 Å². The average molecular weight is 197 g/mol. The van der Waals surface area contributed by atoms with Crippen LogP contribution in [-0.4, -0.2) is 21.4 Å². The SMILES string of the molecule is CCCNc1ncnc(N)c1[N+](=O)[O-]. The van der Waals surface area contributed by atoms with Crippen LogP contribution in [0.1, 0.15) is 13.3 Å². The molecule has 14 heavy (non-hydrogen) atoms. The van der Waals surface area contributed by atoms with Gasteiger partial charge in [-0.2, -0.15) is 0 Å². The smallest absolute Gasteiger partial charge is 0.352 e. The second kappa shape index (κ2) is 4.35. The van der Waals surface area contributed by atoms with Crippen LogP contribution in [0.15, 0.2) is 6.33 Å². The zero-order chi connectivity index (χ0) is 10.6. The van der Waals surface area contributed by atoms with Crippen molar-refractivity contribution >= 4 is 17.3 Å². The van der Waals surface area contributed by atoms with Crippen molar-refractivity contribution < 1.29 is 4.92 Å². The van der Waals surface area contributed by atoms with Crippen molar-refractivity contribution in [3.8, 4) is 0 Å². The molecular formula is C7H11N5O2. The first-order chi connectivity index (χ1) is 6.66. The molecule has 0 saturated heterocycles. The van der Waals surface area contributed by atoms with Gasteiger partial charge in [0, 0.05) is 6.54 Å². The summed E-state index contributed by atoms with van der Waals surface area (Å²) in [6.07, 6.45) is 2.04. The molecule has 1 aromatic heterocycles. The molecule has 0 saturated carbocycles. The van der Waals surface area contributed by atoms with Crippen molar-refractivity contribution in [3.05, 3.63) is 16.4 Å². The molecule has 1 heterocycles. The molecule has 0 spiro atoms. The largest absolute Gasteiger partial charge is 0.378 e. The maximum atomic E-state index is 10.6. The summed E-state index contributed by atoms with van der Waals surface area (Å²) >= 11 is 0. The second-order valence-corrected chi connectivity index (χ2v) is 2.64. The molecule has 7 nitrogen and oxygen atoms in total. The molecule has 0 aliphatic carbocycles. The first kappa shape index (κ1) is 10.2. The third-order valence-corrected chi connectivity index (χ3v) is 1.58. The Balaban J connectivity index is 3.02. The molecule has 3 N–H and O–H groups in total. The van der Waals surface area contributed by atoms with E-state index in [4.69, 9.17) is 5.73 Å². The number of nitrogens with one attached hydrogen (secondary N) is 1. The number of nitrogens with two attached hydrogens (primary N) is 1. The molecule has 7 heteroatoms. The van der Waals surface area contributed by atoms with Crippen LogP contribution in [0.2, 0.25) is 0 Å². The van der Waals surface area contributed by atoms with Gasteiger partial charge in [-0.25, -0.2) is 9.97 Å². The van der Waals surface area contributed by atoms with Gasteiger partial charge in [-0.15, -0.1) is 0 Å². The molecular weight excluding hydrogens is 186 g/mol. The summed E-state index contributed by atoms with van der Waals surface area (Å²) < 4.78 is 0. The van der Waals surface area contributed by atoms with E-state index in [1.165, 1.54) is 6.33 Å². The molecule has 1 aromatic rings. The van der Waals surface area contributed by atoms with Crippen molar-refractivity contribution in [2.75, 3.05) is 17.6 Å². The van der Waals surface area contributed by atoms with Crippen LogP contribution in [0.4, 0.5) is 17.3 Å². The van der Waals surface area contributed by atoms with E-state index in [9.17, 15) is 10.1 Å². The number of anilines is 2. The third kappa shape index (κ3) is 2.06. The van der Waals surface area contributed by atoms with Gasteiger partial charge in [-0.05, 0) is 6.42 Å². The average Bonchev–Trinajstić information content (AvgIpc) is 2.14. The second-order valence-electron chi connectivity index (χ2n) is 2.64. The molecule has 0 radical (unpaired) electrons. The minimum Gasteiger partial charge on any atom is -0.378 e. The number of nitro groups is 1. The van der Waals surface area contributed by atoms with Crippen LogP contribution in [-0.2, 0) is 0 Å². The topological polar surface area (TPSA) is 107 Å². The normalized spacial score (nSPS) is 9.79. The van der Waals surface area contributed by atoms with E-state index in [0.717, 1.165) is 6.42 Å². The quantitative estimate of drug-likeness (QED) is 0.545. The lowest BCUT2D eigenvalue weighted by Crippen LogP contribution is -2.08. The summed E-state index contributed by atoms with van der Waals surface area (Å²) in [7, 11) is 0. The van der Waals surface area contributed by atoms with Crippen LogP contribution in [0, 0.1) is 10.1 Å². The zero-order valence-electron chi connectivity index (χ0n) is 7.73. The van der Waals surface area contributed by atoms with Gasteiger partial charge in [-0.3, -0.25) is 10.1 Å². The van der Waals surface area contributed by atoms with Crippen molar-refractivity contribution in [2.24, 2.45) is 0 Å². The highest BCUT2D eigenvalue weighted by molar-refractivity contribution is 5.67. The highest BCUT2D eigenvalue weighted by atomic mass is 16.6. The standard InChI is InChI=1S/C7H11N5O2/c1-2-3-9-7-5(12(13)14)6(8)10-4-11-7/h4H,2-3H2,1H3,(H3,8,9,10,11). The van der Waals surface area contributed by atoms with Gasteiger partial charge >= 0.3 is 5.69 Å². The summed E-state index contributed by atoms with van der Waals surface area (Å²) in [6, 6.07) is 0. The fraction of sp³-hybridized carbons (Fsp3) is 0.429. The Morgan fingerprint density at radius 1 is 1.64 bits per heavy atom. The molecule has 0 bridgehead atoms. The van der Waals surface area contributed by atoms with Gasteiger partial charge in [0.2, 0.25) is 11.6 Å². The highest BCUT2D eigenvalue weighted by Gasteiger charge is 2.19. The van der Waals surface area contributed by atoms with Crippen molar-refractivity contribution in [3.63, 3.8) is 0 Å². The Morgan fingerprint density at radius 3 is 2.93 bits per heavy atom. The zero-order valence-corrected chi connectivity index (χ0v) is 7.73. The van der Waals surface area contributed by atoms with Gasteiger partial charge in [0.1, 0.15) is 6.33 Å². The first-order valence-corrected chi connectivity index (χ1v) is 4.15. The molecule has 0 fully saturated rings. The Labute approximate surface area is 80.5 Å². The van der Waals surface area contributed by atoms with E-state index >= 15 is 0 Å². The van der Waals surface area contributed by atoms with Crippen LogP contribution in [0.25, 0.3) is 0 Å². The van der Waals surface area contributed by atoms with Gasteiger partial charge in [0.05, 0.1) is 4.92 Å². The van der Waals surface area contributed by atoms with Crippen LogP contribution >= 0.6 is 0 Å². The Hall–Kier alpha value is -1.92. The summed E-state index contributed by atoms with van der Waals surface area (Å²) in [4.78, 5) is 17.3. The number of hydrogen-bond acceptors (Lipinski definition) is 6. The molecule has 0 aliphatic rings. The molecule has 0 atom stereocenters. The minimum atomic E-state index is -0.590. The highest BCUT2D eigenvalue weighted by Crippen LogP contribution is 2.25. The maximum Gasteiger partial charge on any atom is 0.352 e. The summed E-state index contributed by atoms with van der Waals surface area (Å²) in [5, 5.41) is 13.4. The van der Waals surface area contributed by atoms with Crippen LogP contribution < -0.4 is 11.1 Å². The van der Waals surface area contributed by atoms with E-state index in [1.807, 2.05) is 6.92 Å². The van der Waals surface area contributed by atoms with E-state index in [0.29, 0.717) is 6.54 Å². The van der Waals surface area contributed by atoms with Crippen molar-refractivity contribution in [1.82, 2.24) is 9.97 Å². The summed E-state index contributed by atoms with van der Waals surface area (Å²) in [5.74, 6) is 0.0490. The Morgan fingerprint density at radius 2 is 2.36 bits per heavy atom. The number of nitrogens with zero attached hydrogens (tertiary/aromatic N) is 3. The van der Waals surface area contributed by atoms with E-state index in [2.05, 4.69) is 15.3 Å². The number of aromatic nitrogens is 2. The van der Waals surface area contributed by atoms with Gasteiger partial charge < -0.3 is 11.1 Å². The molecule has 0 aromatic carbocycles. The lowest BCUT2D eigenvalue weighted by Gasteiger charge is -2.04. The number of hydrogen-bond donors (Lipinski definition) is 2. The maximum absolute atomic E-state index is 10.6. The van der Waals surface area contributed by atoms with Gasteiger partial charge in [0.25, 0.3) is 0 Å². The molecule has 0 aliphatic heterocycles. The Kier molecular flexibility index (Phi) is 3.16. The third-order valence-electron chi connectivity index (χ3n) is 1.58. The number of nitrogen functional groups attached to an aromatic ring is 1. The first-order valence-electron chi connectivity index (χ1n) is 4.15. The molecule has 0 unspecified atom stereocenters. The minimum absolute atomic E-state index is 0.122. The predicted octanol–water partition coefficient (Wildman–Crippen LogP) is 0.789. The van der Waals surface area contributed by atoms with E-state index in [-0.39, 0.29) is 17.3 Å². The van der Waals surface area contributed by atoms with Crippen molar-refractivity contribution in [2.45, 2.75) is 13.3 Å². The lowest BCUT2D eigenvalue weighted by atomic mass is 10.4. The summed E-state index contributed by atoms with van der Waals surface area (Å²) in [5.41, 5.74) is 5.10. The van der Waals surface area contributed by atoms with Crippen LogP contribution in [0.5, 0.6) is 0 Å². The van der Waals surface area contributed by atoms with Gasteiger partial charge in [0.15, 0.2) is 0 Å². The van der Waals surface area contributed by atoms with E-state index in [1.54, 1.807) is 0 Å². The number of rotatable bonds is 4. The van der Waals surface area contributed by atoms with Crippen molar-refractivity contribution in [1.29, 1.82) is 0 Å². The molecule has 76 valence electrons.